The van der Waals surface area contributed by atoms with Crippen LogP contribution in [0.1, 0.15) is 11.8 Å². The van der Waals surface area contributed by atoms with E-state index in [1.807, 2.05) is 17.5 Å². The number of fused-ring (bicyclic) bond motifs is 1. The SMILES string of the molecule is CC(=O)OC(O)C1=C(C(=O)O)N2C(=O)[C@H](NC(=O)Cc3cccs3)[C@H]2SC1. The third-order valence-electron chi connectivity index (χ3n) is 4.01. The maximum absolute atomic E-state index is 12.5. The Morgan fingerprint density at radius 3 is 2.78 bits per heavy atom. The van der Waals surface area contributed by atoms with Crippen molar-refractivity contribution in [1.82, 2.24) is 10.2 Å². The van der Waals surface area contributed by atoms with Gasteiger partial charge in [-0.1, -0.05) is 6.07 Å². The molecule has 0 bridgehead atoms. The number of carbonyl (C=O) groups is 4. The molecule has 1 aromatic rings. The van der Waals surface area contributed by atoms with Gasteiger partial charge in [-0.2, -0.15) is 0 Å². The van der Waals surface area contributed by atoms with Crippen LogP contribution in [0.3, 0.4) is 0 Å². The highest BCUT2D eigenvalue weighted by Gasteiger charge is 2.55. The number of rotatable bonds is 6. The Hall–Kier alpha value is -2.37. The van der Waals surface area contributed by atoms with Crippen molar-refractivity contribution in [3.63, 3.8) is 0 Å². The van der Waals surface area contributed by atoms with Gasteiger partial charge in [0.2, 0.25) is 12.2 Å². The second kappa shape index (κ2) is 7.71. The number of hydrogen-bond acceptors (Lipinski definition) is 8. The van der Waals surface area contributed by atoms with Gasteiger partial charge in [-0.25, -0.2) is 4.79 Å². The molecule has 2 amide bonds. The molecule has 27 heavy (non-hydrogen) atoms. The molecular formula is C16H16N2O7S2. The van der Waals surface area contributed by atoms with Crippen LogP contribution in [0.2, 0.25) is 0 Å². The van der Waals surface area contributed by atoms with Crippen molar-refractivity contribution in [3.05, 3.63) is 33.7 Å². The first-order chi connectivity index (χ1) is 12.8. The number of ether oxygens (including phenoxy) is 1. The molecule has 3 rings (SSSR count). The van der Waals surface area contributed by atoms with E-state index >= 15 is 0 Å². The van der Waals surface area contributed by atoms with Crippen LogP contribution < -0.4 is 5.32 Å². The van der Waals surface area contributed by atoms with Crippen molar-refractivity contribution >= 4 is 46.9 Å². The molecular weight excluding hydrogens is 396 g/mol. The molecule has 1 fully saturated rings. The fraction of sp³-hybridized carbons (Fsp3) is 0.375. The maximum atomic E-state index is 12.5. The van der Waals surface area contributed by atoms with Gasteiger partial charge in [0, 0.05) is 23.1 Å². The van der Waals surface area contributed by atoms with Gasteiger partial charge in [0.15, 0.2) is 0 Å². The monoisotopic (exact) mass is 412 g/mol. The van der Waals surface area contributed by atoms with E-state index in [2.05, 4.69) is 10.1 Å². The van der Waals surface area contributed by atoms with Crippen molar-refractivity contribution in [2.45, 2.75) is 31.1 Å². The predicted octanol–water partition coefficient (Wildman–Crippen LogP) is -0.0893. The second-order valence-electron chi connectivity index (χ2n) is 5.85. The number of amides is 2. The Labute approximate surface area is 162 Å². The number of thioether (sulfide) groups is 1. The smallest absolute Gasteiger partial charge is 0.352 e. The minimum Gasteiger partial charge on any atom is -0.477 e. The number of aliphatic carboxylic acids is 1. The van der Waals surface area contributed by atoms with E-state index in [1.54, 1.807) is 0 Å². The Bertz CT molecular complexity index is 821. The molecule has 0 spiro atoms. The van der Waals surface area contributed by atoms with E-state index in [0.29, 0.717) is 0 Å². The van der Waals surface area contributed by atoms with Gasteiger partial charge in [0.1, 0.15) is 17.1 Å². The molecule has 1 unspecified atom stereocenters. The van der Waals surface area contributed by atoms with Gasteiger partial charge in [0.25, 0.3) is 5.91 Å². The van der Waals surface area contributed by atoms with Crippen LogP contribution in [0.15, 0.2) is 28.8 Å². The van der Waals surface area contributed by atoms with Crippen LogP contribution in [0, 0.1) is 0 Å². The topological polar surface area (TPSA) is 133 Å². The lowest BCUT2D eigenvalue weighted by Crippen LogP contribution is -2.71. The lowest BCUT2D eigenvalue weighted by Gasteiger charge is -2.49. The molecule has 1 saturated heterocycles. The average molecular weight is 412 g/mol. The predicted molar refractivity (Wildman–Crippen MR) is 95.5 cm³/mol. The lowest BCUT2D eigenvalue weighted by molar-refractivity contribution is -0.161. The summed E-state index contributed by atoms with van der Waals surface area (Å²) in [5, 5.41) is 23.3. The molecule has 144 valence electrons. The Morgan fingerprint density at radius 2 is 2.19 bits per heavy atom. The molecule has 9 nitrogen and oxygen atoms in total. The van der Waals surface area contributed by atoms with Gasteiger partial charge in [-0.3, -0.25) is 19.3 Å². The first-order valence-electron chi connectivity index (χ1n) is 7.87. The Kier molecular flexibility index (Phi) is 5.53. The molecule has 0 saturated carbocycles. The molecule has 3 atom stereocenters. The largest absolute Gasteiger partial charge is 0.477 e. The zero-order valence-electron chi connectivity index (χ0n) is 14.1. The minimum absolute atomic E-state index is 0.0435. The van der Waals surface area contributed by atoms with Crippen molar-refractivity contribution in [2.75, 3.05) is 5.75 Å². The van der Waals surface area contributed by atoms with E-state index in [0.717, 1.165) is 16.7 Å². The molecule has 0 aromatic carbocycles. The van der Waals surface area contributed by atoms with Gasteiger partial charge < -0.3 is 20.3 Å². The lowest BCUT2D eigenvalue weighted by atomic mass is 10.0. The average Bonchev–Trinajstić information content (AvgIpc) is 3.10. The number of aliphatic hydroxyl groups is 1. The van der Waals surface area contributed by atoms with Crippen molar-refractivity contribution < 1.29 is 34.1 Å². The highest BCUT2D eigenvalue weighted by molar-refractivity contribution is 8.00. The Balaban J connectivity index is 1.74. The number of hydrogen-bond donors (Lipinski definition) is 3. The number of carboxylic acid groups (broad SMARTS) is 1. The van der Waals surface area contributed by atoms with E-state index < -0.39 is 41.2 Å². The molecule has 3 N–H and O–H groups in total. The van der Waals surface area contributed by atoms with E-state index in [-0.39, 0.29) is 23.7 Å². The van der Waals surface area contributed by atoms with Crippen LogP contribution in [-0.4, -0.2) is 62.3 Å². The number of nitrogens with one attached hydrogen (secondary N) is 1. The zero-order valence-corrected chi connectivity index (χ0v) is 15.7. The van der Waals surface area contributed by atoms with E-state index in [1.165, 1.54) is 23.1 Å². The van der Waals surface area contributed by atoms with E-state index in [4.69, 9.17) is 0 Å². The fourth-order valence-electron chi connectivity index (χ4n) is 2.86. The number of aliphatic hydroxyl groups excluding tert-OH is 1. The number of nitrogens with zero attached hydrogens (tertiary/aromatic N) is 1. The van der Waals surface area contributed by atoms with Crippen LogP contribution in [0.5, 0.6) is 0 Å². The minimum atomic E-state index is -1.75. The molecule has 0 aliphatic carbocycles. The number of esters is 1. The molecule has 2 aliphatic rings. The number of β-lactam (4-membered cyclic amide) rings is 1. The van der Waals surface area contributed by atoms with Gasteiger partial charge >= 0.3 is 11.9 Å². The van der Waals surface area contributed by atoms with Crippen molar-refractivity contribution in [1.29, 1.82) is 0 Å². The highest BCUT2D eigenvalue weighted by atomic mass is 32.2. The number of carboxylic acids is 1. The van der Waals surface area contributed by atoms with Gasteiger partial charge in [-0.05, 0) is 11.4 Å². The van der Waals surface area contributed by atoms with E-state index in [9.17, 15) is 29.4 Å². The summed E-state index contributed by atoms with van der Waals surface area (Å²) in [5.74, 6) is -3.07. The van der Waals surface area contributed by atoms with Crippen molar-refractivity contribution in [3.8, 4) is 0 Å². The number of thiophene rings is 1. The van der Waals surface area contributed by atoms with Crippen LogP contribution in [0.25, 0.3) is 0 Å². The maximum Gasteiger partial charge on any atom is 0.352 e. The highest BCUT2D eigenvalue weighted by Crippen LogP contribution is 2.41. The van der Waals surface area contributed by atoms with Gasteiger partial charge in [0.05, 0.1) is 6.42 Å². The first-order valence-corrected chi connectivity index (χ1v) is 9.80. The van der Waals surface area contributed by atoms with Crippen LogP contribution >= 0.6 is 23.1 Å². The standard InChI is InChI=1S/C16H16N2O7S2/c1-7(19)25-16(24)9-6-27-14-11(13(21)18(14)12(9)15(22)23)17-10(20)5-8-3-2-4-26-8/h2-4,11,14,16,24H,5-6H2,1H3,(H,17,20)(H,22,23)/t11-,14+,16?/m0/s1. The summed E-state index contributed by atoms with van der Waals surface area (Å²) < 4.78 is 4.64. The third-order valence-corrected chi connectivity index (χ3v) is 6.19. The van der Waals surface area contributed by atoms with Crippen molar-refractivity contribution in [2.24, 2.45) is 0 Å². The molecule has 3 heterocycles. The quantitative estimate of drug-likeness (QED) is 0.335. The molecule has 2 aliphatic heterocycles. The third kappa shape index (κ3) is 3.84. The second-order valence-corrected chi connectivity index (χ2v) is 7.99. The summed E-state index contributed by atoms with van der Waals surface area (Å²) in [4.78, 5) is 49.1. The first kappa shape index (κ1) is 19.4. The summed E-state index contributed by atoms with van der Waals surface area (Å²) in [5.41, 5.74) is -0.489. The molecule has 1 aromatic heterocycles. The summed E-state index contributed by atoms with van der Waals surface area (Å²) in [7, 11) is 0. The molecule has 11 heteroatoms. The van der Waals surface area contributed by atoms with Gasteiger partial charge in [-0.15, -0.1) is 23.1 Å². The number of carbonyl (C=O) groups excluding carboxylic acids is 3. The van der Waals surface area contributed by atoms with Crippen LogP contribution in [0.4, 0.5) is 0 Å². The summed E-state index contributed by atoms with van der Waals surface area (Å²) in [6.45, 7) is 1.08. The summed E-state index contributed by atoms with van der Waals surface area (Å²) >= 11 is 2.60. The Morgan fingerprint density at radius 1 is 1.44 bits per heavy atom. The molecule has 0 radical (unpaired) electrons. The fourth-order valence-corrected chi connectivity index (χ4v) is 4.92. The van der Waals surface area contributed by atoms with Crippen LogP contribution in [-0.2, 0) is 30.3 Å². The summed E-state index contributed by atoms with van der Waals surface area (Å²) in [6, 6.07) is 2.78. The normalized spacial score (nSPS) is 22.6. The zero-order chi connectivity index (χ0) is 19.7. The summed E-state index contributed by atoms with van der Waals surface area (Å²) in [6.07, 6.45) is -1.61.